The molecule has 1 atom stereocenters. The van der Waals surface area contributed by atoms with Crippen LogP contribution in [0.25, 0.3) is 0 Å². The summed E-state index contributed by atoms with van der Waals surface area (Å²) in [5, 5.41) is 7.38. The summed E-state index contributed by atoms with van der Waals surface area (Å²) in [5.41, 5.74) is 5.66. The van der Waals surface area contributed by atoms with Gasteiger partial charge < -0.3 is 5.32 Å². The summed E-state index contributed by atoms with van der Waals surface area (Å²) in [6.45, 7) is 5.00. The molecule has 2 rings (SSSR count). The number of hydrogen-bond donors (Lipinski definition) is 2. The number of nitrogens with one attached hydrogen (secondary N) is 2. The molecule has 1 aliphatic rings. The van der Waals surface area contributed by atoms with Gasteiger partial charge in [0.25, 0.3) is 0 Å². The van der Waals surface area contributed by atoms with Gasteiger partial charge in [-0.3, -0.25) is 4.79 Å². The number of amides is 1. The third-order valence-corrected chi connectivity index (χ3v) is 2.82. The average molecular weight is 231 g/mol. The molecule has 0 radical (unpaired) electrons. The van der Waals surface area contributed by atoms with E-state index in [1.165, 1.54) is 0 Å². The minimum Gasteiger partial charge on any atom is -0.385 e. The Bertz CT molecular complexity index is 436. The lowest BCUT2D eigenvalue weighted by Crippen LogP contribution is -2.31. The van der Waals surface area contributed by atoms with Crippen LogP contribution in [0.5, 0.6) is 0 Å². The van der Waals surface area contributed by atoms with E-state index in [9.17, 15) is 4.79 Å². The fraction of sp³-hybridized carbons (Fsp3) is 0.385. The van der Waals surface area contributed by atoms with Gasteiger partial charge in [-0.25, -0.2) is 5.43 Å². The van der Waals surface area contributed by atoms with E-state index in [1.807, 2.05) is 31.2 Å². The largest absolute Gasteiger partial charge is 0.385 e. The molecule has 4 nitrogen and oxygen atoms in total. The second-order valence-corrected chi connectivity index (χ2v) is 4.24. The zero-order valence-electron chi connectivity index (χ0n) is 10.2. The Morgan fingerprint density at radius 2 is 2.12 bits per heavy atom. The first-order valence-corrected chi connectivity index (χ1v) is 5.91. The maximum Gasteiger partial charge on any atom is 0.240 e. The molecule has 0 saturated carbocycles. The highest BCUT2D eigenvalue weighted by Crippen LogP contribution is 2.18. The monoisotopic (exact) mass is 231 g/mol. The maximum atomic E-state index is 11.2. The summed E-state index contributed by atoms with van der Waals surface area (Å²) >= 11 is 0. The van der Waals surface area contributed by atoms with Crippen LogP contribution in [-0.4, -0.2) is 18.2 Å². The van der Waals surface area contributed by atoms with Gasteiger partial charge in [0, 0.05) is 24.6 Å². The molecule has 0 aliphatic carbocycles. The van der Waals surface area contributed by atoms with Crippen molar-refractivity contribution in [3.8, 4) is 0 Å². The fourth-order valence-corrected chi connectivity index (χ4v) is 1.97. The van der Waals surface area contributed by atoms with E-state index >= 15 is 0 Å². The van der Waals surface area contributed by atoms with Gasteiger partial charge in [-0.1, -0.05) is 19.1 Å². The highest BCUT2D eigenvalue weighted by Gasteiger charge is 2.21. The summed E-state index contributed by atoms with van der Waals surface area (Å²) < 4.78 is 0. The van der Waals surface area contributed by atoms with E-state index in [0.717, 1.165) is 23.5 Å². The van der Waals surface area contributed by atoms with Gasteiger partial charge in [0.15, 0.2) is 0 Å². The topological polar surface area (TPSA) is 53.5 Å². The van der Waals surface area contributed by atoms with Crippen LogP contribution in [0.1, 0.15) is 25.8 Å². The lowest BCUT2D eigenvalue weighted by atomic mass is 9.94. The third-order valence-electron chi connectivity index (χ3n) is 2.82. The quantitative estimate of drug-likeness (QED) is 0.835. The minimum absolute atomic E-state index is 0.00878. The zero-order valence-corrected chi connectivity index (χ0v) is 10.2. The van der Waals surface area contributed by atoms with Crippen LogP contribution in [0.3, 0.4) is 0 Å². The highest BCUT2D eigenvalue weighted by atomic mass is 16.2. The Balaban J connectivity index is 2.19. The Morgan fingerprint density at radius 1 is 1.41 bits per heavy atom. The van der Waals surface area contributed by atoms with Crippen molar-refractivity contribution in [2.75, 3.05) is 11.9 Å². The van der Waals surface area contributed by atoms with E-state index in [0.29, 0.717) is 6.42 Å². The molecular weight excluding hydrogens is 214 g/mol. The van der Waals surface area contributed by atoms with Crippen molar-refractivity contribution in [3.05, 3.63) is 29.8 Å². The summed E-state index contributed by atoms with van der Waals surface area (Å²) in [5.74, 6) is 0.166. The molecule has 0 bridgehead atoms. The van der Waals surface area contributed by atoms with Crippen LogP contribution < -0.4 is 10.7 Å². The molecule has 1 aliphatic heterocycles. The van der Waals surface area contributed by atoms with E-state index in [1.54, 1.807) is 0 Å². The van der Waals surface area contributed by atoms with Crippen LogP contribution in [0.4, 0.5) is 5.69 Å². The van der Waals surface area contributed by atoms with Gasteiger partial charge in [0.05, 0.1) is 5.71 Å². The number of hydrazone groups is 1. The van der Waals surface area contributed by atoms with Gasteiger partial charge in [0.1, 0.15) is 0 Å². The standard InChI is InChI=1S/C13H17N3O/c1-3-14-11-6-4-10(5-7-11)13-9(2)8-12(17)15-16-13/h4-7,9,14H,3,8H2,1-2H3,(H,15,17)/t9-/m0/s1. The molecule has 1 aromatic carbocycles. The molecule has 0 spiro atoms. The van der Waals surface area contributed by atoms with Crippen LogP contribution >= 0.6 is 0 Å². The molecule has 1 heterocycles. The summed E-state index contributed by atoms with van der Waals surface area (Å²) in [6.07, 6.45) is 0.508. The molecule has 2 N–H and O–H groups in total. The Morgan fingerprint density at radius 3 is 2.71 bits per heavy atom. The molecule has 0 unspecified atom stereocenters. The van der Waals surface area contributed by atoms with Crippen molar-refractivity contribution in [1.82, 2.24) is 5.43 Å². The maximum absolute atomic E-state index is 11.2. The fourth-order valence-electron chi connectivity index (χ4n) is 1.97. The summed E-state index contributed by atoms with van der Waals surface area (Å²) in [4.78, 5) is 11.2. The number of benzene rings is 1. The number of hydrogen-bond acceptors (Lipinski definition) is 3. The second-order valence-electron chi connectivity index (χ2n) is 4.24. The van der Waals surface area contributed by atoms with Crippen molar-refractivity contribution < 1.29 is 4.79 Å². The lowest BCUT2D eigenvalue weighted by Gasteiger charge is -2.19. The van der Waals surface area contributed by atoms with E-state index < -0.39 is 0 Å². The Kier molecular flexibility index (Phi) is 3.42. The first kappa shape index (κ1) is 11.6. The Hall–Kier alpha value is -1.84. The number of anilines is 1. The molecule has 17 heavy (non-hydrogen) atoms. The predicted octanol–water partition coefficient (Wildman–Crippen LogP) is 1.98. The van der Waals surface area contributed by atoms with Gasteiger partial charge >= 0.3 is 0 Å². The van der Waals surface area contributed by atoms with Gasteiger partial charge in [0.2, 0.25) is 5.91 Å². The number of rotatable bonds is 3. The van der Waals surface area contributed by atoms with Crippen LogP contribution in [-0.2, 0) is 4.79 Å². The number of carbonyl (C=O) groups is 1. The third kappa shape index (κ3) is 2.64. The molecular formula is C13H17N3O. The normalized spacial score (nSPS) is 19.5. The van der Waals surface area contributed by atoms with E-state index in [-0.39, 0.29) is 11.8 Å². The minimum atomic E-state index is -0.00878. The van der Waals surface area contributed by atoms with Crippen molar-refractivity contribution in [3.63, 3.8) is 0 Å². The van der Waals surface area contributed by atoms with Crippen LogP contribution in [0, 0.1) is 5.92 Å². The zero-order chi connectivity index (χ0) is 12.3. The molecule has 1 amide bonds. The molecule has 90 valence electrons. The van der Waals surface area contributed by atoms with E-state index in [2.05, 4.69) is 22.8 Å². The predicted molar refractivity (Wildman–Crippen MR) is 69.1 cm³/mol. The molecule has 4 heteroatoms. The van der Waals surface area contributed by atoms with Crippen molar-refractivity contribution in [2.24, 2.45) is 11.0 Å². The number of carbonyl (C=O) groups excluding carboxylic acids is 1. The van der Waals surface area contributed by atoms with Crippen LogP contribution in [0.2, 0.25) is 0 Å². The van der Waals surface area contributed by atoms with Crippen molar-refractivity contribution >= 4 is 17.3 Å². The molecule has 0 saturated heterocycles. The smallest absolute Gasteiger partial charge is 0.240 e. The first-order chi connectivity index (χ1) is 8.20. The SMILES string of the molecule is CCNc1ccc(C2=NNC(=O)C[C@@H]2C)cc1. The molecule has 1 aromatic rings. The number of nitrogens with zero attached hydrogens (tertiary/aromatic N) is 1. The highest BCUT2D eigenvalue weighted by molar-refractivity contribution is 6.05. The summed E-state index contributed by atoms with van der Waals surface area (Å²) in [6, 6.07) is 8.13. The van der Waals surface area contributed by atoms with Gasteiger partial charge in [-0.2, -0.15) is 5.10 Å². The Labute approximate surface area is 101 Å². The second kappa shape index (κ2) is 4.99. The molecule has 0 aromatic heterocycles. The van der Waals surface area contributed by atoms with Gasteiger partial charge in [-0.15, -0.1) is 0 Å². The molecule has 0 fully saturated rings. The average Bonchev–Trinajstić information content (AvgIpc) is 2.31. The summed E-state index contributed by atoms with van der Waals surface area (Å²) in [7, 11) is 0. The van der Waals surface area contributed by atoms with Crippen LogP contribution in [0.15, 0.2) is 29.4 Å². The van der Waals surface area contributed by atoms with Crippen molar-refractivity contribution in [1.29, 1.82) is 0 Å². The van der Waals surface area contributed by atoms with Gasteiger partial charge in [-0.05, 0) is 24.6 Å². The van der Waals surface area contributed by atoms with E-state index in [4.69, 9.17) is 0 Å². The lowest BCUT2D eigenvalue weighted by molar-refractivity contribution is -0.121. The first-order valence-electron chi connectivity index (χ1n) is 5.91. The van der Waals surface area contributed by atoms with Crippen molar-refractivity contribution in [2.45, 2.75) is 20.3 Å².